The standard InChI is InChI=1S/C12H20N2O/c1-2-3-8-14-12(15)6-4-5-11-7-9-13-10-11/h7,9-10,13H,2-6,8H2,1H3,(H,14,15). The van der Waals surface area contributed by atoms with Crippen LogP contribution in [-0.4, -0.2) is 17.4 Å². The minimum Gasteiger partial charge on any atom is -0.367 e. The average Bonchev–Trinajstić information content (AvgIpc) is 2.71. The molecule has 3 nitrogen and oxygen atoms in total. The Kier molecular flexibility index (Phi) is 5.59. The van der Waals surface area contributed by atoms with Gasteiger partial charge in [-0.1, -0.05) is 13.3 Å². The maximum Gasteiger partial charge on any atom is 0.220 e. The molecule has 0 aromatic carbocycles. The first-order valence-electron chi connectivity index (χ1n) is 5.71. The number of aryl methyl sites for hydroxylation is 1. The third-order valence-electron chi connectivity index (χ3n) is 2.38. The van der Waals surface area contributed by atoms with Crippen molar-refractivity contribution in [3.63, 3.8) is 0 Å². The largest absolute Gasteiger partial charge is 0.367 e. The fraction of sp³-hybridized carbons (Fsp3) is 0.583. The molecule has 84 valence electrons. The van der Waals surface area contributed by atoms with E-state index >= 15 is 0 Å². The zero-order valence-corrected chi connectivity index (χ0v) is 9.38. The lowest BCUT2D eigenvalue weighted by atomic mass is 10.1. The number of rotatable bonds is 7. The summed E-state index contributed by atoms with van der Waals surface area (Å²) >= 11 is 0. The van der Waals surface area contributed by atoms with Gasteiger partial charge in [0.1, 0.15) is 0 Å². The number of aromatic nitrogens is 1. The third kappa shape index (κ3) is 5.25. The van der Waals surface area contributed by atoms with Crippen molar-refractivity contribution in [1.82, 2.24) is 10.3 Å². The van der Waals surface area contributed by atoms with Crippen molar-refractivity contribution >= 4 is 5.91 Å². The van der Waals surface area contributed by atoms with Gasteiger partial charge in [0.05, 0.1) is 0 Å². The van der Waals surface area contributed by atoms with Crippen molar-refractivity contribution < 1.29 is 4.79 Å². The van der Waals surface area contributed by atoms with Crippen LogP contribution in [0.3, 0.4) is 0 Å². The summed E-state index contributed by atoms with van der Waals surface area (Å²) in [5.41, 5.74) is 1.27. The number of hydrogen-bond donors (Lipinski definition) is 2. The highest BCUT2D eigenvalue weighted by atomic mass is 16.1. The molecule has 1 rings (SSSR count). The minimum atomic E-state index is 0.180. The van der Waals surface area contributed by atoms with Crippen LogP contribution in [0.5, 0.6) is 0 Å². The Morgan fingerprint density at radius 3 is 3.00 bits per heavy atom. The van der Waals surface area contributed by atoms with Crippen molar-refractivity contribution in [3.8, 4) is 0 Å². The maximum atomic E-state index is 11.3. The van der Waals surface area contributed by atoms with E-state index in [4.69, 9.17) is 0 Å². The Morgan fingerprint density at radius 2 is 2.33 bits per heavy atom. The highest BCUT2D eigenvalue weighted by Gasteiger charge is 2.00. The van der Waals surface area contributed by atoms with Crippen molar-refractivity contribution in [2.24, 2.45) is 0 Å². The highest BCUT2D eigenvalue weighted by molar-refractivity contribution is 5.75. The number of unbranched alkanes of at least 4 members (excludes halogenated alkanes) is 1. The number of carbonyl (C=O) groups excluding carboxylic acids is 1. The Bertz CT molecular complexity index is 267. The molecule has 3 heteroatoms. The zero-order chi connectivity index (χ0) is 10.9. The molecule has 0 unspecified atom stereocenters. The van der Waals surface area contributed by atoms with Gasteiger partial charge in [0.25, 0.3) is 0 Å². The molecule has 1 heterocycles. The lowest BCUT2D eigenvalue weighted by Gasteiger charge is -2.03. The van der Waals surface area contributed by atoms with Crippen LogP contribution in [0.15, 0.2) is 18.5 Å². The first kappa shape index (κ1) is 11.8. The normalized spacial score (nSPS) is 10.2. The van der Waals surface area contributed by atoms with Crippen LogP contribution >= 0.6 is 0 Å². The monoisotopic (exact) mass is 208 g/mol. The van der Waals surface area contributed by atoms with E-state index in [1.165, 1.54) is 5.56 Å². The number of hydrogen-bond acceptors (Lipinski definition) is 1. The second kappa shape index (κ2) is 7.10. The summed E-state index contributed by atoms with van der Waals surface area (Å²) in [6.45, 7) is 2.94. The molecular formula is C12H20N2O. The number of carbonyl (C=O) groups is 1. The summed E-state index contributed by atoms with van der Waals surface area (Å²) in [6, 6.07) is 2.05. The average molecular weight is 208 g/mol. The summed E-state index contributed by atoms with van der Waals surface area (Å²) in [6.07, 6.45) is 8.63. The van der Waals surface area contributed by atoms with E-state index in [2.05, 4.69) is 23.3 Å². The molecular weight excluding hydrogens is 188 g/mol. The molecule has 2 N–H and O–H groups in total. The molecule has 0 spiro atoms. The summed E-state index contributed by atoms with van der Waals surface area (Å²) < 4.78 is 0. The first-order chi connectivity index (χ1) is 7.33. The summed E-state index contributed by atoms with van der Waals surface area (Å²) in [7, 11) is 0. The third-order valence-corrected chi connectivity index (χ3v) is 2.38. The second-order valence-electron chi connectivity index (χ2n) is 3.78. The van der Waals surface area contributed by atoms with Gasteiger partial charge in [0.2, 0.25) is 5.91 Å². The van der Waals surface area contributed by atoms with Crippen molar-refractivity contribution in [3.05, 3.63) is 24.0 Å². The van der Waals surface area contributed by atoms with Gasteiger partial charge in [-0.05, 0) is 30.9 Å². The van der Waals surface area contributed by atoms with Gasteiger partial charge in [-0.25, -0.2) is 0 Å². The Labute approximate surface area is 91.3 Å². The molecule has 0 saturated heterocycles. The van der Waals surface area contributed by atoms with Gasteiger partial charge in [0, 0.05) is 25.4 Å². The molecule has 1 aromatic rings. The van der Waals surface area contributed by atoms with Crippen LogP contribution in [0.4, 0.5) is 0 Å². The van der Waals surface area contributed by atoms with Gasteiger partial charge in [0.15, 0.2) is 0 Å². The Hall–Kier alpha value is -1.25. The van der Waals surface area contributed by atoms with E-state index in [-0.39, 0.29) is 5.91 Å². The molecule has 0 aliphatic rings. The predicted octanol–water partition coefficient (Wildman–Crippen LogP) is 2.25. The van der Waals surface area contributed by atoms with Crippen LogP contribution in [0, 0.1) is 0 Å². The molecule has 0 fully saturated rings. The smallest absolute Gasteiger partial charge is 0.220 e. The van der Waals surface area contributed by atoms with E-state index in [9.17, 15) is 4.79 Å². The van der Waals surface area contributed by atoms with Crippen molar-refractivity contribution in [1.29, 1.82) is 0 Å². The first-order valence-corrected chi connectivity index (χ1v) is 5.71. The molecule has 0 aliphatic heterocycles. The van der Waals surface area contributed by atoms with E-state index in [0.29, 0.717) is 6.42 Å². The van der Waals surface area contributed by atoms with Gasteiger partial charge < -0.3 is 10.3 Å². The molecule has 0 radical (unpaired) electrons. The zero-order valence-electron chi connectivity index (χ0n) is 9.38. The van der Waals surface area contributed by atoms with Gasteiger partial charge >= 0.3 is 0 Å². The molecule has 0 bridgehead atoms. The molecule has 0 saturated carbocycles. The van der Waals surface area contributed by atoms with E-state index in [1.807, 2.05) is 12.4 Å². The van der Waals surface area contributed by atoms with Crippen LogP contribution in [-0.2, 0) is 11.2 Å². The lowest BCUT2D eigenvalue weighted by molar-refractivity contribution is -0.121. The van der Waals surface area contributed by atoms with E-state index in [0.717, 1.165) is 32.2 Å². The Balaban J connectivity index is 2.02. The maximum absolute atomic E-state index is 11.3. The van der Waals surface area contributed by atoms with Crippen LogP contribution in [0.2, 0.25) is 0 Å². The van der Waals surface area contributed by atoms with Crippen molar-refractivity contribution in [2.45, 2.75) is 39.0 Å². The molecule has 0 atom stereocenters. The van der Waals surface area contributed by atoms with Gasteiger partial charge in [-0.15, -0.1) is 0 Å². The quantitative estimate of drug-likeness (QED) is 0.663. The van der Waals surface area contributed by atoms with Crippen LogP contribution < -0.4 is 5.32 Å². The fourth-order valence-electron chi connectivity index (χ4n) is 1.46. The van der Waals surface area contributed by atoms with E-state index < -0.39 is 0 Å². The molecule has 15 heavy (non-hydrogen) atoms. The lowest BCUT2D eigenvalue weighted by Crippen LogP contribution is -2.23. The molecule has 1 aromatic heterocycles. The number of aromatic amines is 1. The van der Waals surface area contributed by atoms with Crippen molar-refractivity contribution in [2.75, 3.05) is 6.54 Å². The summed E-state index contributed by atoms with van der Waals surface area (Å²) in [5.74, 6) is 0.180. The Morgan fingerprint density at radius 1 is 1.47 bits per heavy atom. The minimum absolute atomic E-state index is 0.180. The molecule has 1 amide bonds. The fourth-order valence-corrected chi connectivity index (χ4v) is 1.46. The number of amides is 1. The topological polar surface area (TPSA) is 44.9 Å². The molecule has 0 aliphatic carbocycles. The van der Waals surface area contributed by atoms with E-state index in [1.54, 1.807) is 0 Å². The van der Waals surface area contributed by atoms with Gasteiger partial charge in [-0.2, -0.15) is 0 Å². The predicted molar refractivity (Wildman–Crippen MR) is 61.6 cm³/mol. The number of nitrogens with one attached hydrogen (secondary N) is 2. The number of H-pyrrole nitrogens is 1. The SMILES string of the molecule is CCCCNC(=O)CCCc1cc[nH]c1. The van der Waals surface area contributed by atoms with Crippen LogP contribution in [0.1, 0.15) is 38.2 Å². The second-order valence-corrected chi connectivity index (χ2v) is 3.78. The van der Waals surface area contributed by atoms with Crippen LogP contribution in [0.25, 0.3) is 0 Å². The summed E-state index contributed by atoms with van der Waals surface area (Å²) in [5, 5.41) is 2.92. The van der Waals surface area contributed by atoms with Gasteiger partial charge in [-0.3, -0.25) is 4.79 Å². The summed E-state index contributed by atoms with van der Waals surface area (Å²) in [4.78, 5) is 14.3. The highest BCUT2D eigenvalue weighted by Crippen LogP contribution is 2.03.